The van der Waals surface area contributed by atoms with Gasteiger partial charge in [0.25, 0.3) is 0 Å². The van der Waals surface area contributed by atoms with E-state index in [1.807, 2.05) is 38.1 Å². The Kier molecular flexibility index (Phi) is 3.88. The number of hydrogen-bond acceptors (Lipinski definition) is 5. The van der Waals surface area contributed by atoms with Crippen molar-refractivity contribution >= 4 is 5.78 Å². The Morgan fingerprint density at radius 1 is 1.23 bits per heavy atom. The number of carbonyl (C=O) groups excluding carboxylic acids is 1. The lowest BCUT2D eigenvalue weighted by molar-refractivity contribution is -0.0989. The van der Waals surface area contributed by atoms with Gasteiger partial charge in [-0.15, -0.1) is 0 Å². The number of ether oxygens (including phenoxy) is 1. The topological polar surface area (TPSA) is 70.0 Å². The number of ketones is 1. The van der Waals surface area contributed by atoms with Gasteiger partial charge in [-0.2, -0.15) is 0 Å². The van der Waals surface area contributed by atoms with Crippen molar-refractivity contribution in [3.05, 3.63) is 70.0 Å². The van der Waals surface area contributed by atoms with Crippen LogP contribution in [0.1, 0.15) is 40.7 Å². The first-order valence-electron chi connectivity index (χ1n) is 11.3. The van der Waals surface area contributed by atoms with Gasteiger partial charge in [-0.3, -0.25) is 4.79 Å². The average molecular weight is 420 g/mol. The van der Waals surface area contributed by atoms with Crippen LogP contribution in [0.3, 0.4) is 0 Å². The van der Waals surface area contributed by atoms with Crippen molar-refractivity contribution in [2.75, 3.05) is 13.6 Å². The van der Waals surface area contributed by atoms with E-state index in [0.717, 1.165) is 36.1 Å². The summed E-state index contributed by atoms with van der Waals surface area (Å²) in [6.07, 6.45) is 6.80. The molecule has 2 N–H and O–H groups in total. The number of likely N-dealkylation sites (tertiary alicyclic amines) is 1. The molecule has 0 radical (unpaired) electrons. The van der Waals surface area contributed by atoms with Gasteiger partial charge in [0, 0.05) is 34.9 Å². The van der Waals surface area contributed by atoms with Crippen molar-refractivity contribution in [3.63, 3.8) is 0 Å². The van der Waals surface area contributed by atoms with Crippen LogP contribution in [0, 0.1) is 25.2 Å². The molecule has 1 unspecified atom stereocenters. The van der Waals surface area contributed by atoms with Crippen LogP contribution in [0.15, 0.2) is 53.3 Å². The minimum absolute atomic E-state index is 0.210. The Hall–Kier alpha value is -2.21. The van der Waals surface area contributed by atoms with Gasteiger partial charge in [-0.25, -0.2) is 0 Å². The lowest BCUT2D eigenvalue weighted by atomic mass is 9.51. The van der Waals surface area contributed by atoms with E-state index >= 15 is 0 Å². The fourth-order valence-electron chi connectivity index (χ4n) is 7.07. The fourth-order valence-corrected chi connectivity index (χ4v) is 7.07. The number of benzene rings is 1. The molecule has 1 aromatic carbocycles. The van der Waals surface area contributed by atoms with E-state index < -0.39 is 17.8 Å². The van der Waals surface area contributed by atoms with Gasteiger partial charge in [-0.05, 0) is 57.0 Å². The minimum Gasteiger partial charge on any atom is -0.487 e. The van der Waals surface area contributed by atoms with Crippen LogP contribution in [0.4, 0.5) is 0 Å². The number of aliphatic hydroxyl groups excluding tert-OH is 1. The Bertz CT molecular complexity index is 1080. The van der Waals surface area contributed by atoms with Crippen LogP contribution in [-0.2, 0) is 4.74 Å². The van der Waals surface area contributed by atoms with Crippen LogP contribution >= 0.6 is 0 Å². The summed E-state index contributed by atoms with van der Waals surface area (Å²) in [5, 5.41) is 22.8. The predicted molar refractivity (Wildman–Crippen MR) is 117 cm³/mol. The van der Waals surface area contributed by atoms with Crippen molar-refractivity contribution in [3.8, 4) is 0 Å². The van der Waals surface area contributed by atoms with Gasteiger partial charge in [0.2, 0.25) is 5.78 Å². The fraction of sp³-hybridized carbons (Fsp3) is 0.500. The van der Waals surface area contributed by atoms with E-state index in [4.69, 9.17) is 4.74 Å². The van der Waals surface area contributed by atoms with E-state index in [1.54, 1.807) is 0 Å². The predicted octanol–water partition coefficient (Wildman–Crippen LogP) is 2.84. The highest BCUT2D eigenvalue weighted by Gasteiger charge is 2.68. The van der Waals surface area contributed by atoms with E-state index in [0.29, 0.717) is 17.4 Å². The molecule has 1 aromatic rings. The first-order valence-corrected chi connectivity index (χ1v) is 11.3. The second kappa shape index (κ2) is 6.18. The highest BCUT2D eigenvalue weighted by molar-refractivity contribution is 6.07. The molecule has 6 rings (SSSR count). The maximum absolute atomic E-state index is 13.8. The Balaban J connectivity index is 1.55. The van der Waals surface area contributed by atoms with Gasteiger partial charge in [0.1, 0.15) is 18.0 Å². The molecule has 3 aliphatic carbocycles. The van der Waals surface area contributed by atoms with Gasteiger partial charge >= 0.3 is 0 Å². The molecular formula is C26H29NO4. The summed E-state index contributed by atoms with van der Waals surface area (Å²) in [5.41, 5.74) is 2.36. The molecule has 31 heavy (non-hydrogen) atoms. The first-order chi connectivity index (χ1) is 14.8. The molecule has 0 aromatic heterocycles. The molecule has 0 amide bonds. The number of nitrogens with zero attached hydrogens (tertiary/aromatic N) is 1. The number of rotatable bonds is 2. The number of aryl methyl sites for hydroxylation is 2. The van der Waals surface area contributed by atoms with Crippen molar-refractivity contribution in [2.45, 2.75) is 57.0 Å². The molecule has 2 heterocycles. The van der Waals surface area contributed by atoms with Gasteiger partial charge in [0.05, 0.1) is 0 Å². The lowest BCUT2D eigenvalue weighted by Crippen LogP contribution is -2.62. The molecule has 5 heteroatoms. The second-order valence-electron chi connectivity index (χ2n) is 10.1. The number of piperidine rings is 1. The maximum atomic E-state index is 13.8. The molecular weight excluding hydrogens is 390 g/mol. The van der Waals surface area contributed by atoms with Crippen LogP contribution < -0.4 is 0 Å². The Morgan fingerprint density at radius 2 is 1.97 bits per heavy atom. The summed E-state index contributed by atoms with van der Waals surface area (Å²) in [4.78, 5) is 16.3. The summed E-state index contributed by atoms with van der Waals surface area (Å²) in [6, 6.07) is 6.09. The summed E-state index contributed by atoms with van der Waals surface area (Å²) < 4.78 is 6.46. The van der Waals surface area contributed by atoms with Gasteiger partial charge in [-0.1, -0.05) is 36.4 Å². The van der Waals surface area contributed by atoms with Crippen molar-refractivity contribution in [2.24, 2.45) is 11.3 Å². The maximum Gasteiger partial charge on any atom is 0.203 e. The molecule has 1 saturated heterocycles. The van der Waals surface area contributed by atoms with Crippen LogP contribution in [-0.4, -0.2) is 58.3 Å². The molecule has 162 valence electrons. The second-order valence-corrected chi connectivity index (χ2v) is 10.1. The van der Waals surface area contributed by atoms with E-state index in [-0.39, 0.29) is 23.5 Å². The quantitative estimate of drug-likeness (QED) is 0.570. The van der Waals surface area contributed by atoms with E-state index in [9.17, 15) is 15.0 Å². The smallest absolute Gasteiger partial charge is 0.203 e. The van der Waals surface area contributed by atoms with Gasteiger partial charge in [0.15, 0.2) is 5.60 Å². The summed E-state index contributed by atoms with van der Waals surface area (Å²) >= 11 is 0. The first kappa shape index (κ1) is 19.5. The molecule has 2 fully saturated rings. The zero-order valence-corrected chi connectivity index (χ0v) is 18.3. The summed E-state index contributed by atoms with van der Waals surface area (Å²) in [6.45, 7) is 4.73. The Labute approximate surface area is 182 Å². The third-order valence-electron chi connectivity index (χ3n) is 8.58. The number of Topliss-reactive ketones (excluding diaryl/α,β-unsaturated/α-hetero) is 1. The highest BCUT2D eigenvalue weighted by atomic mass is 16.5. The molecule has 2 aliphatic heterocycles. The number of hydrogen-bond donors (Lipinski definition) is 2. The van der Waals surface area contributed by atoms with Crippen molar-refractivity contribution in [1.82, 2.24) is 4.90 Å². The third kappa shape index (κ3) is 2.24. The van der Waals surface area contributed by atoms with Gasteiger partial charge < -0.3 is 19.8 Å². The molecule has 1 saturated carbocycles. The van der Waals surface area contributed by atoms with Crippen molar-refractivity contribution < 1.29 is 19.7 Å². The standard InChI is InChI=1S/C26H29NO4/c1-14-5-4-6-15(2)20(14)22(29)26(30)10-9-16-13-18-17-7-8-19(28)23-25(17,11-12-27(18)3)21(16)24(26)31-23/h4-9,17-19,23,28,30H,10-13H2,1-3H3/t17-,18+,19-,23-,25-,26?/m0/s1. The zero-order chi connectivity index (χ0) is 21.7. The molecule has 2 bridgehead atoms. The summed E-state index contributed by atoms with van der Waals surface area (Å²) in [7, 11) is 2.17. The lowest BCUT2D eigenvalue weighted by Gasteiger charge is -2.58. The normalized spacial score (nSPS) is 40.4. The largest absolute Gasteiger partial charge is 0.487 e. The number of carbonyl (C=O) groups is 1. The Morgan fingerprint density at radius 3 is 2.71 bits per heavy atom. The van der Waals surface area contributed by atoms with Crippen molar-refractivity contribution in [1.29, 1.82) is 0 Å². The average Bonchev–Trinajstić information content (AvgIpc) is 3.10. The molecule has 1 spiro atoms. The van der Waals surface area contributed by atoms with Crippen LogP contribution in [0.2, 0.25) is 0 Å². The monoisotopic (exact) mass is 419 g/mol. The highest BCUT2D eigenvalue weighted by Crippen LogP contribution is 2.66. The number of aliphatic hydroxyl groups is 2. The van der Waals surface area contributed by atoms with Crippen LogP contribution in [0.5, 0.6) is 0 Å². The van der Waals surface area contributed by atoms with Crippen LogP contribution in [0.25, 0.3) is 0 Å². The zero-order valence-electron chi connectivity index (χ0n) is 18.3. The molecule has 5 nitrogen and oxygen atoms in total. The SMILES string of the molecule is Cc1cccc(C)c1C(=O)C1(O)CC=C2C[C@@H]3[C@@H]4C=C[C@H](O)[C@@H]5OC1=C2[C@]45CCN3C. The van der Waals surface area contributed by atoms with E-state index in [2.05, 4.69) is 24.1 Å². The summed E-state index contributed by atoms with van der Waals surface area (Å²) in [5.74, 6) is 0.311. The molecule has 5 aliphatic rings. The molecule has 6 atom stereocenters. The minimum atomic E-state index is -1.73. The van der Waals surface area contributed by atoms with E-state index in [1.165, 1.54) is 5.57 Å². The third-order valence-corrected chi connectivity index (χ3v) is 8.58.